The van der Waals surface area contributed by atoms with E-state index in [4.69, 9.17) is 26.1 Å². The lowest BCUT2D eigenvalue weighted by Crippen LogP contribution is -2.44. The van der Waals surface area contributed by atoms with Gasteiger partial charge >= 0.3 is 0 Å². The van der Waals surface area contributed by atoms with Crippen molar-refractivity contribution in [1.29, 1.82) is 0 Å². The van der Waals surface area contributed by atoms with Crippen LogP contribution in [0.25, 0.3) is 22.0 Å². The van der Waals surface area contributed by atoms with E-state index in [2.05, 4.69) is 10.2 Å². The van der Waals surface area contributed by atoms with Crippen molar-refractivity contribution in [3.8, 4) is 22.6 Å². The van der Waals surface area contributed by atoms with Crippen molar-refractivity contribution in [3.05, 3.63) is 46.5 Å². The van der Waals surface area contributed by atoms with Gasteiger partial charge in [0.2, 0.25) is 0 Å². The number of ketones is 1. The number of benzene rings is 2. The van der Waals surface area contributed by atoms with Crippen LogP contribution >= 0.6 is 11.6 Å². The zero-order valence-electron chi connectivity index (χ0n) is 16.2. The molecule has 0 radical (unpaired) electrons. The van der Waals surface area contributed by atoms with Crippen LogP contribution in [0.3, 0.4) is 0 Å². The van der Waals surface area contributed by atoms with Crippen LogP contribution in [-0.2, 0) is 0 Å². The Hall–Kier alpha value is -2.83. The predicted molar refractivity (Wildman–Crippen MR) is 114 cm³/mol. The van der Waals surface area contributed by atoms with Crippen molar-refractivity contribution in [2.45, 2.75) is 0 Å². The predicted octanol–water partition coefficient (Wildman–Crippen LogP) is 3.53. The molecule has 1 saturated heterocycles. The Morgan fingerprint density at radius 2 is 1.83 bits per heavy atom. The summed E-state index contributed by atoms with van der Waals surface area (Å²) < 4.78 is 11.0. The molecule has 1 aliphatic carbocycles. The van der Waals surface area contributed by atoms with Crippen molar-refractivity contribution < 1.29 is 14.3 Å². The Morgan fingerprint density at radius 1 is 1.03 bits per heavy atom. The molecule has 148 valence electrons. The van der Waals surface area contributed by atoms with E-state index in [0.717, 1.165) is 54.0 Å². The highest BCUT2D eigenvalue weighted by Gasteiger charge is 2.37. The van der Waals surface area contributed by atoms with Gasteiger partial charge in [-0.25, -0.2) is 4.98 Å². The van der Waals surface area contributed by atoms with Gasteiger partial charge < -0.3 is 19.7 Å². The summed E-state index contributed by atoms with van der Waals surface area (Å²) in [5.74, 6) is 1.73. The van der Waals surface area contributed by atoms with Crippen LogP contribution in [-0.4, -0.2) is 51.2 Å². The van der Waals surface area contributed by atoms with Gasteiger partial charge in [-0.15, -0.1) is 0 Å². The van der Waals surface area contributed by atoms with E-state index < -0.39 is 0 Å². The van der Waals surface area contributed by atoms with Crippen molar-refractivity contribution >= 4 is 34.1 Å². The van der Waals surface area contributed by atoms with Gasteiger partial charge in [0.1, 0.15) is 5.82 Å². The Bertz CT molecular complexity index is 1160. The van der Waals surface area contributed by atoms with Crippen molar-refractivity contribution in [2.75, 3.05) is 45.3 Å². The molecule has 0 bridgehead atoms. The molecule has 6 nitrogen and oxygen atoms in total. The number of carbonyl (C=O) groups is 1. The van der Waals surface area contributed by atoms with Crippen molar-refractivity contribution in [2.24, 2.45) is 0 Å². The van der Waals surface area contributed by atoms with E-state index in [9.17, 15) is 4.79 Å². The number of nitrogens with one attached hydrogen (secondary N) is 1. The molecule has 1 aromatic heterocycles. The number of hydrogen-bond donors (Lipinski definition) is 1. The summed E-state index contributed by atoms with van der Waals surface area (Å²) in [5, 5.41) is 4.70. The molecule has 0 amide bonds. The van der Waals surface area contributed by atoms with E-state index in [1.54, 1.807) is 20.3 Å². The first-order chi connectivity index (χ1) is 14.1. The van der Waals surface area contributed by atoms with Crippen LogP contribution < -0.4 is 19.7 Å². The van der Waals surface area contributed by atoms with Gasteiger partial charge in [0.05, 0.1) is 25.3 Å². The number of anilines is 1. The fraction of sp³-hybridized carbons (Fsp3) is 0.273. The standard InChI is InChI=1S/C22H20ClN3O3/c1-28-16-6-4-13-18-17(20(27)19(13)21(16)29-2)14-11-12(23)3-5-15(14)25-22(18)26-9-7-24-8-10-26/h3-6,11,24H,7-10H2,1-2H3. The molecule has 0 saturated carbocycles. The molecule has 5 rings (SSSR count). The second kappa shape index (κ2) is 6.90. The van der Waals surface area contributed by atoms with E-state index in [-0.39, 0.29) is 5.78 Å². The first kappa shape index (κ1) is 18.2. The Kier molecular flexibility index (Phi) is 4.33. The highest BCUT2D eigenvalue weighted by molar-refractivity contribution is 6.33. The molecular formula is C22H20ClN3O3. The summed E-state index contributed by atoms with van der Waals surface area (Å²) in [6.45, 7) is 3.41. The van der Waals surface area contributed by atoms with Gasteiger partial charge in [-0.3, -0.25) is 4.79 Å². The molecular weight excluding hydrogens is 390 g/mol. The number of fused-ring (bicyclic) bond motifs is 5. The third-order valence-electron chi connectivity index (χ3n) is 5.61. The number of nitrogens with zero attached hydrogens (tertiary/aromatic N) is 2. The van der Waals surface area contributed by atoms with Crippen molar-refractivity contribution in [3.63, 3.8) is 0 Å². The number of methoxy groups -OCH3 is 2. The average molecular weight is 410 g/mol. The number of rotatable bonds is 3. The van der Waals surface area contributed by atoms with Crippen molar-refractivity contribution in [1.82, 2.24) is 10.3 Å². The second-order valence-corrected chi connectivity index (χ2v) is 7.57. The third-order valence-corrected chi connectivity index (χ3v) is 5.85. The molecule has 1 fully saturated rings. The summed E-state index contributed by atoms with van der Waals surface area (Å²) in [5.41, 5.74) is 3.59. The Labute approximate surface area is 173 Å². The lowest BCUT2D eigenvalue weighted by Gasteiger charge is -2.30. The number of ether oxygens (including phenoxy) is 2. The van der Waals surface area contributed by atoms with E-state index >= 15 is 0 Å². The fourth-order valence-corrected chi connectivity index (χ4v) is 4.48. The number of aromatic nitrogens is 1. The number of hydrogen-bond acceptors (Lipinski definition) is 6. The molecule has 2 aromatic carbocycles. The quantitative estimate of drug-likeness (QED) is 0.558. The number of halogens is 1. The zero-order chi connectivity index (χ0) is 20.1. The van der Waals surface area contributed by atoms with Crippen LogP contribution in [0.2, 0.25) is 5.02 Å². The second-order valence-electron chi connectivity index (χ2n) is 7.14. The summed E-state index contributed by atoms with van der Waals surface area (Å²) in [4.78, 5) is 20.9. The summed E-state index contributed by atoms with van der Waals surface area (Å²) in [6, 6.07) is 9.25. The first-order valence-electron chi connectivity index (χ1n) is 9.53. The molecule has 1 aliphatic heterocycles. The van der Waals surface area contributed by atoms with Gasteiger partial charge in [-0.1, -0.05) is 11.6 Å². The van der Waals surface area contributed by atoms with Crippen LogP contribution in [0.4, 0.5) is 5.82 Å². The van der Waals surface area contributed by atoms with E-state index in [1.807, 2.05) is 24.3 Å². The van der Waals surface area contributed by atoms with Crippen LogP contribution in [0.15, 0.2) is 30.3 Å². The molecule has 2 aliphatic rings. The van der Waals surface area contributed by atoms with Gasteiger partial charge in [-0.05, 0) is 30.3 Å². The topological polar surface area (TPSA) is 63.7 Å². The third kappa shape index (κ3) is 2.67. The summed E-state index contributed by atoms with van der Waals surface area (Å²) in [7, 11) is 3.12. The molecule has 0 atom stereocenters. The molecule has 0 unspecified atom stereocenters. The van der Waals surface area contributed by atoms with Crippen LogP contribution in [0, 0.1) is 0 Å². The minimum atomic E-state index is -0.0863. The molecule has 29 heavy (non-hydrogen) atoms. The van der Waals surface area contributed by atoms with E-state index in [1.165, 1.54) is 0 Å². The fourth-order valence-electron chi connectivity index (χ4n) is 4.30. The summed E-state index contributed by atoms with van der Waals surface area (Å²) >= 11 is 6.27. The SMILES string of the molecule is COc1ccc2c(c1OC)C(=O)c1c-2c(N2CCNCC2)nc2ccc(Cl)cc12. The number of piperazine rings is 1. The highest BCUT2D eigenvalue weighted by Crippen LogP contribution is 2.50. The van der Waals surface area contributed by atoms with E-state index in [0.29, 0.717) is 27.6 Å². The van der Waals surface area contributed by atoms with Crippen LogP contribution in [0.5, 0.6) is 11.5 Å². The normalized spacial score (nSPS) is 15.4. The Morgan fingerprint density at radius 3 is 2.55 bits per heavy atom. The maximum atomic E-state index is 13.7. The zero-order valence-corrected chi connectivity index (χ0v) is 17.0. The molecule has 1 N–H and O–H groups in total. The highest BCUT2D eigenvalue weighted by atomic mass is 35.5. The van der Waals surface area contributed by atoms with Gasteiger partial charge in [0, 0.05) is 53.3 Å². The van der Waals surface area contributed by atoms with Gasteiger partial charge in [0.15, 0.2) is 17.3 Å². The first-order valence-corrected chi connectivity index (χ1v) is 9.90. The molecule has 3 aromatic rings. The minimum absolute atomic E-state index is 0.0863. The largest absolute Gasteiger partial charge is 0.493 e. The molecule has 7 heteroatoms. The maximum absolute atomic E-state index is 13.7. The average Bonchev–Trinajstić information content (AvgIpc) is 3.06. The number of carbonyl (C=O) groups excluding carboxylic acids is 1. The minimum Gasteiger partial charge on any atom is -0.493 e. The lowest BCUT2D eigenvalue weighted by molar-refractivity contribution is 0.104. The number of pyridine rings is 1. The molecule has 0 spiro atoms. The molecule has 2 heterocycles. The smallest absolute Gasteiger partial charge is 0.198 e. The Balaban J connectivity index is 1.86. The van der Waals surface area contributed by atoms with Crippen LogP contribution in [0.1, 0.15) is 15.9 Å². The van der Waals surface area contributed by atoms with Gasteiger partial charge in [0.25, 0.3) is 0 Å². The summed E-state index contributed by atoms with van der Waals surface area (Å²) in [6.07, 6.45) is 0. The monoisotopic (exact) mass is 409 g/mol. The maximum Gasteiger partial charge on any atom is 0.198 e. The lowest BCUT2D eigenvalue weighted by atomic mass is 10.0. The van der Waals surface area contributed by atoms with Gasteiger partial charge in [-0.2, -0.15) is 0 Å².